The number of thiazole rings is 1. The summed E-state index contributed by atoms with van der Waals surface area (Å²) >= 11 is 10.4. The average molecular weight is 322 g/mol. The molecule has 0 aliphatic rings. The van der Waals surface area contributed by atoms with Crippen LogP contribution in [0.15, 0.2) is 28.9 Å². The molecule has 0 aliphatic carbocycles. The Balaban J connectivity index is 2.07. The third-order valence-electron chi connectivity index (χ3n) is 1.91. The van der Waals surface area contributed by atoms with Crippen molar-refractivity contribution in [3.05, 3.63) is 44.0 Å². The van der Waals surface area contributed by atoms with Crippen LogP contribution in [0.1, 0.15) is 4.88 Å². The van der Waals surface area contributed by atoms with Gasteiger partial charge in [0.1, 0.15) is 5.82 Å². The van der Waals surface area contributed by atoms with Crippen LogP contribution in [0.25, 0.3) is 0 Å². The Kier molecular flexibility index (Phi) is 3.78. The van der Waals surface area contributed by atoms with Crippen molar-refractivity contribution in [1.29, 1.82) is 0 Å². The van der Waals surface area contributed by atoms with Gasteiger partial charge in [0.2, 0.25) is 0 Å². The summed E-state index contributed by atoms with van der Waals surface area (Å²) in [4.78, 5) is 4.87. The van der Waals surface area contributed by atoms with Crippen LogP contribution >= 0.6 is 38.9 Å². The number of anilines is 1. The Morgan fingerprint density at radius 2 is 2.31 bits per heavy atom. The van der Waals surface area contributed by atoms with E-state index >= 15 is 0 Å². The van der Waals surface area contributed by atoms with Gasteiger partial charge in [-0.25, -0.2) is 9.37 Å². The van der Waals surface area contributed by atoms with Crippen LogP contribution in [0.5, 0.6) is 0 Å². The Morgan fingerprint density at radius 1 is 1.50 bits per heavy atom. The topological polar surface area (TPSA) is 24.9 Å². The Labute approximate surface area is 110 Å². The van der Waals surface area contributed by atoms with E-state index < -0.39 is 0 Å². The fourth-order valence-corrected chi connectivity index (χ4v) is 2.46. The van der Waals surface area contributed by atoms with E-state index in [0.717, 1.165) is 9.35 Å². The minimum Gasteiger partial charge on any atom is -0.378 e. The molecule has 2 rings (SSSR count). The highest BCUT2D eigenvalue weighted by atomic mass is 79.9. The molecule has 2 aromatic rings. The van der Waals surface area contributed by atoms with Gasteiger partial charge in [-0.15, -0.1) is 11.3 Å². The summed E-state index contributed by atoms with van der Waals surface area (Å²) < 4.78 is 14.7. The van der Waals surface area contributed by atoms with Crippen LogP contribution < -0.4 is 5.32 Å². The molecular formula is C10H7BrClFN2S. The Bertz CT molecular complexity index is 503. The lowest BCUT2D eigenvalue weighted by Gasteiger charge is -2.06. The van der Waals surface area contributed by atoms with Crippen LogP contribution in [0.4, 0.5) is 10.1 Å². The maximum absolute atomic E-state index is 13.4. The van der Waals surface area contributed by atoms with Crippen molar-refractivity contribution in [2.24, 2.45) is 0 Å². The predicted molar refractivity (Wildman–Crippen MR) is 68.6 cm³/mol. The molecule has 0 spiro atoms. The summed E-state index contributed by atoms with van der Waals surface area (Å²) in [7, 11) is 0. The molecule has 84 valence electrons. The van der Waals surface area contributed by atoms with Crippen LogP contribution in [0, 0.1) is 5.82 Å². The SMILES string of the molecule is Fc1ccc(Br)cc1NCc1cnc(Cl)s1. The predicted octanol–water partition coefficient (Wildman–Crippen LogP) is 4.31. The van der Waals surface area contributed by atoms with E-state index in [2.05, 4.69) is 26.2 Å². The van der Waals surface area contributed by atoms with Gasteiger partial charge in [-0.2, -0.15) is 0 Å². The molecule has 0 saturated heterocycles. The summed E-state index contributed by atoms with van der Waals surface area (Å²) in [5.74, 6) is -0.279. The second-order valence-electron chi connectivity index (χ2n) is 3.06. The van der Waals surface area contributed by atoms with E-state index in [0.29, 0.717) is 16.7 Å². The maximum atomic E-state index is 13.4. The molecule has 1 N–H and O–H groups in total. The zero-order chi connectivity index (χ0) is 11.5. The highest BCUT2D eigenvalue weighted by Crippen LogP contribution is 2.22. The normalized spacial score (nSPS) is 10.4. The molecular weight excluding hydrogens is 315 g/mol. The quantitative estimate of drug-likeness (QED) is 0.911. The van der Waals surface area contributed by atoms with Gasteiger partial charge >= 0.3 is 0 Å². The molecule has 6 heteroatoms. The molecule has 2 nitrogen and oxygen atoms in total. The molecule has 1 heterocycles. The number of halogens is 3. The van der Waals surface area contributed by atoms with E-state index in [9.17, 15) is 4.39 Å². The first kappa shape index (κ1) is 11.8. The lowest BCUT2D eigenvalue weighted by Crippen LogP contribution is -1.99. The summed E-state index contributed by atoms with van der Waals surface area (Å²) in [6.45, 7) is 0.512. The fourth-order valence-electron chi connectivity index (χ4n) is 1.18. The first-order chi connectivity index (χ1) is 7.65. The van der Waals surface area contributed by atoms with Crippen molar-refractivity contribution in [2.45, 2.75) is 6.54 Å². The minimum atomic E-state index is -0.279. The van der Waals surface area contributed by atoms with E-state index in [-0.39, 0.29) is 5.82 Å². The van der Waals surface area contributed by atoms with Gasteiger partial charge in [0.25, 0.3) is 0 Å². The maximum Gasteiger partial charge on any atom is 0.183 e. The first-order valence-electron chi connectivity index (χ1n) is 4.44. The molecule has 0 saturated carbocycles. The van der Waals surface area contributed by atoms with Crippen LogP contribution in [0.2, 0.25) is 4.47 Å². The highest BCUT2D eigenvalue weighted by Gasteiger charge is 2.04. The van der Waals surface area contributed by atoms with E-state index in [1.807, 2.05) is 0 Å². The Morgan fingerprint density at radius 3 is 3.00 bits per heavy atom. The summed E-state index contributed by atoms with van der Waals surface area (Å²) in [6.07, 6.45) is 1.68. The molecule has 0 radical (unpaired) electrons. The smallest absolute Gasteiger partial charge is 0.183 e. The van der Waals surface area contributed by atoms with Crippen molar-refractivity contribution in [1.82, 2.24) is 4.98 Å². The number of nitrogens with one attached hydrogen (secondary N) is 1. The van der Waals surface area contributed by atoms with E-state index in [1.54, 1.807) is 18.3 Å². The second-order valence-corrected chi connectivity index (χ2v) is 5.67. The molecule has 0 atom stereocenters. The number of nitrogens with zero attached hydrogens (tertiary/aromatic N) is 1. The largest absolute Gasteiger partial charge is 0.378 e. The summed E-state index contributed by atoms with van der Waals surface area (Å²) in [5.41, 5.74) is 0.457. The number of benzene rings is 1. The summed E-state index contributed by atoms with van der Waals surface area (Å²) in [6, 6.07) is 4.76. The molecule has 0 unspecified atom stereocenters. The molecule has 16 heavy (non-hydrogen) atoms. The van der Waals surface area contributed by atoms with Crippen molar-refractivity contribution >= 4 is 44.6 Å². The molecule has 1 aromatic heterocycles. The molecule has 0 bridgehead atoms. The lowest BCUT2D eigenvalue weighted by molar-refractivity contribution is 0.630. The van der Waals surface area contributed by atoms with Gasteiger partial charge in [-0.3, -0.25) is 0 Å². The van der Waals surface area contributed by atoms with E-state index in [1.165, 1.54) is 17.4 Å². The fraction of sp³-hybridized carbons (Fsp3) is 0.100. The van der Waals surface area contributed by atoms with E-state index in [4.69, 9.17) is 11.6 Å². The van der Waals surface area contributed by atoms with Gasteiger partial charge < -0.3 is 5.32 Å². The first-order valence-corrected chi connectivity index (χ1v) is 6.43. The monoisotopic (exact) mass is 320 g/mol. The molecule has 1 aromatic carbocycles. The van der Waals surface area contributed by atoms with Gasteiger partial charge in [-0.05, 0) is 18.2 Å². The lowest BCUT2D eigenvalue weighted by atomic mass is 10.3. The number of hydrogen-bond donors (Lipinski definition) is 1. The molecule has 0 aliphatic heterocycles. The molecule has 0 fully saturated rings. The Hall–Kier alpha value is -0.650. The van der Waals surface area contributed by atoms with Gasteiger partial charge in [-0.1, -0.05) is 27.5 Å². The number of rotatable bonds is 3. The van der Waals surface area contributed by atoms with Crippen molar-refractivity contribution < 1.29 is 4.39 Å². The average Bonchev–Trinajstić information content (AvgIpc) is 2.66. The zero-order valence-corrected chi connectivity index (χ0v) is 11.2. The number of hydrogen-bond acceptors (Lipinski definition) is 3. The highest BCUT2D eigenvalue weighted by molar-refractivity contribution is 9.10. The zero-order valence-electron chi connectivity index (χ0n) is 8.01. The third-order valence-corrected chi connectivity index (χ3v) is 3.51. The van der Waals surface area contributed by atoms with Gasteiger partial charge in [0.05, 0.1) is 12.2 Å². The van der Waals surface area contributed by atoms with Crippen LogP contribution in [0.3, 0.4) is 0 Å². The third kappa shape index (κ3) is 2.93. The molecule has 0 amide bonds. The van der Waals surface area contributed by atoms with Crippen LogP contribution in [-0.4, -0.2) is 4.98 Å². The second kappa shape index (κ2) is 5.12. The number of aromatic nitrogens is 1. The standard InChI is InChI=1S/C10H7BrClFN2S/c11-6-1-2-8(13)9(3-6)14-4-7-5-15-10(12)16-7/h1-3,5,14H,4H2. The van der Waals surface area contributed by atoms with Gasteiger partial charge in [0.15, 0.2) is 4.47 Å². The summed E-state index contributed by atoms with van der Waals surface area (Å²) in [5, 5.41) is 2.99. The van der Waals surface area contributed by atoms with Crippen molar-refractivity contribution in [3.8, 4) is 0 Å². The van der Waals surface area contributed by atoms with Gasteiger partial charge in [0, 0.05) is 15.5 Å². The van der Waals surface area contributed by atoms with Crippen molar-refractivity contribution in [3.63, 3.8) is 0 Å². The minimum absolute atomic E-state index is 0.279. The van der Waals surface area contributed by atoms with Crippen molar-refractivity contribution in [2.75, 3.05) is 5.32 Å². The van der Waals surface area contributed by atoms with Crippen LogP contribution in [-0.2, 0) is 6.54 Å².